The number of carboxylic acid groups (broad SMARTS) is 1. The van der Waals surface area contributed by atoms with Gasteiger partial charge in [-0.25, -0.2) is 0 Å². The van der Waals surface area contributed by atoms with Gasteiger partial charge in [0.25, 0.3) is 0 Å². The van der Waals surface area contributed by atoms with Crippen LogP contribution in [0.2, 0.25) is 0 Å². The van der Waals surface area contributed by atoms with Crippen LogP contribution in [-0.2, 0) is 14.4 Å². The minimum atomic E-state index is -1.05. The number of amides is 2. The molecular formula is C14H25N3O4. The highest BCUT2D eigenvalue weighted by Gasteiger charge is 2.37. The molecular weight excluding hydrogens is 274 g/mol. The number of carboxylic acids is 1. The number of rotatable bonds is 6. The third-order valence-electron chi connectivity index (χ3n) is 3.96. The van der Waals surface area contributed by atoms with Gasteiger partial charge in [0.1, 0.15) is 6.04 Å². The van der Waals surface area contributed by atoms with Crippen molar-refractivity contribution in [3.8, 4) is 0 Å². The predicted molar refractivity (Wildman–Crippen MR) is 77.7 cm³/mol. The molecule has 1 saturated heterocycles. The number of piperazine rings is 1. The molecule has 0 spiro atoms. The number of aliphatic carboxylic acids is 1. The zero-order valence-corrected chi connectivity index (χ0v) is 13.1. The second-order valence-corrected chi connectivity index (χ2v) is 6.05. The van der Waals surface area contributed by atoms with Crippen LogP contribution in [0.25, 0.3) is 0 Å². The van der Waals surface area contributed by atoms with E-state index in [-0.39, 0.29) is 23.8 Å². The van der Waals surface area contributed by atoms with Crippen molar-refractivity contribution in [2.45, 2.75) is 58.2 Å². The summed E-state index contributed by atoms with van der Waals surface area (Å²) in [4.78, 5) is 36.8. The lowest BCUT2D eigenvalue weighted by Gasteiger charge is -2.39. The maximum Gasteiger partial charge on any atom is 0.305 e. The summed E-state index contributed by atoms with van der Waals surface area (Å²) < 4.78 is 0. The topological polar surface area (TPSA) is 98.7 Å². The van der Waals surface area contributed by atoms with Crippen LogP contribution in [0.4, 0.5) is 0 Å². The molecule has 0 radical (unpaired) electrons. The standard InChI is InChI=1S/C14H25N3O4/c1-5-14(3,4)16-12(20)9(2)17-7-6-15-13(21)10(17)8-11(18)19/h9-10H,5-8H2,1-4H3,(H,15,21)(H,16,20)(H,18,19). The average molecular weight is 299 g/mol. The van der Waals surface area contributed by atoms with E-state index in [4.69, 9.17) is 5.11 Å². The molecule has 2 unspecified atom stereocenters. The molecule has 0 bridgehead atoms. The molecule has 7 nitrogen and oxygen atoms in total. The Morgan fingerprint density at radius 3 is 2.67 bits per heavy atom. The van der Waals surface area contributed by atoms with Gasteiger partial charge in [0.05, 0.1) is 12.5 Å². The fourth-order valence-electron chi connectivity index (χ4n) is 2.25. The Morgan fingerprint density at radius 1 is 1.52 bits per heavy atom. The molecule has 1 fully saturated rings. The van der Waals surface area contributed by atoms with E-state index < -0.39 is 18.1 Å². The van der Waals surface area contributed by atoms with Gasteiger partial charge in [0, 0.05) is 18.6 Å². The summed E-state index contributed by atoms with van der Waals surface area (Å²) in [5.74, 6) is -1.58. The summed E-state index contributed by atoms with van der Waals surface area (Å²) in [5.41, 5.74) is -0.328. The summed E-state index contributed by atoms with van der Waals surface area (Å²) in [6.45, 7) is 8.42. The van der Waals surface area contributed by atoms with Crippen molar-refractivity contribution in [3.63, 3.8) is 0 Å². The van der Waals surface area contributed by atoms with Crippen LogP contribution in [-0.4, -0.2) is 58.5 Å². The van der Waals surface area contributed by atoms with Crippen LogP contribution in [0, 0.1) is 0 Å². The van der Waals surface area contributed by atoms with E-state index >= 15 is 0 Å². The number of nitrogens with zero attached hydrogens (tertiary/aromatic N) is 1. The molecule has 0 saturated carbocycles. The van der Waals surface area contributed by atoms with Crippen molar-refractivity contribution in [2.24, 2.45) is 0 Å². The maximum absolute atomic E-state index is 12.3. The van der Waals surface area contributed by atoms with Gasteiger partial charge in [-0.15, -0.1) is 0 Å². The number of hydrogen-bond acceptors (Lipinski definition) is 4. The zero-order valence-electron chi connectivity index (χ0n) is 13.1. The van der Waals surface area contributed by atoms with Crippen molar-refractivity contribution in [1.29, 1.82) is 0 Å². The highest BCUT2D eigenvalue weighted by atomic mass is 16.4. The van der Waals surface area contributed by atoms with E-state index in [2.05, 4.69) is 10.6 Å². The van der Waals surface area contributed by atoms with Crippen LogP contribution in [0.3, 0.4) is 0 Å². The largest absolute Gasteiger partial charge is 0.481 e. The van der Waals surface area contributed by atoms with Gasteiger partial charge in [-0.3, -0.25) is 19.3 Å². The molecule has 3 N–H and O–H groups in total. The minimum absolute atomic E-state index is 0.188. The van der Waals surface area contributed by atoms with Crippen LogP contribution in [0.1, 0.15) is 40.5 Å². The molecule has 2 atom stereocenters. The quantitative estimate of drug-likeness (QED) is 0.639. The molecule has 120 valence electrons. The lowest BCUT2D eigenvalue weighted by atomic mass is 10.0. The summed E-state index contributed by atoms with van der Waals surface area (Å²) in [6.07, 6.45) is 0.477. The van der Waals surface area contributed by atoms with Crippen LogP contribution in [0.15, 0.2) is 0 Å². The Bertz CT molecular complexity index is 422. The monoisotopic (exact) mass is 299 g/mol. The highest BCUT2D eigenvalue weighted by Crippen LogP contribution is 2.15. The normalized spacial score (nSPS) is 21.5. The molecule has 0 aliphatic carbocycles. The van der Waals surface area contributed by atoms with Crippen molar-refractivity contribution in [3.05, 3.63) is 0 Å². The van der Waals surface area contributed by atoms with Gasteiger partial charge in [-0.05, 0) is 27.2 Å². The lowest BCUT2D eigenvalue weighted by Crippen LogP contribution is -2.62. The van der Waals surface area contributed by atoms with Crippen molar-refractivity contribution >= 4 is 17.8 Å². The summed E-state index contributed by atoms with van der Waals surface area (Å²) in [5, 5.41) is 14.5. The van der Waals surface area contributed by atoms with E-state index in [0.717, 1.165) is 6.42 Å². The summed E-state index contributed by atoms with van der Waals surface area (Å²) >= 11 is 0. The fourth-order valence-corrected chi connectivity index (χ4v) is 2.25. The van der Waals surface area contributed by atoms with Gasteiger partial charge < -0.3 is 15.7 Å². The van der Waals surface area contributed by atoms with Gasteiger partial charge >= 0.3 is 5.97 Å². The third kappa shape index (κ3) is 4.70. The summed E-state index contributed by atoms with van der Waals surface area (Å²) in [7, 11) is 0. The molecule has 7 heteroatoms. The molecule has 1 aliphatic heterocycles. The molecule has 2 amide bonds. The first-order chi connectivity index (χ1) is 9.68. The van der Waals surface area contributed by atoms with Gasteiger partial charge in [0.15, 0.2) is 0 Å². The Balaban J connectivity index is 2.81. The molecule has 1 rings (SSSR count). The SMILES string of the molecule is CCC(C)(C)NC(=O)C(C)N1CCNC(=O)C1CC(=O)O. The maximum atomic E-state index is 12.3. The number of hydrogen-bond donors (Lipinski definition) is 3. The first-order valence-corrected chi connectivity index (χ1v) is 7.25. The summed E-state index contributed by atoms with van der Waals surface area (Å²) in [6, 6.07) is -1.35. The Labute approximate surface area is 125 Å². The van der Waals surface area contributed by atoms with Crippen LogP contribution >= 0.6 is 0 Å². The lowest BCUT2D eigenvalue weighted by molar-refractivity contribution is -0.145. The Kier molecular flexibility index (Phi) is 5.71. The van der Waals surface area contributed by atoms with E-state index in [0.29, 0.717) is 13.1 Å². The van der Waals surface area contributed by atoms with E-state index in [1.165, 1.54) is 0 Å². The minimum Gasteiger partial charge on any atom is -0.481 e. The van der Waals surface area contributed by atoms with Crippen molar-refractivity contribution in [1.82, 2.24) is 15.5 Å². The van der Waals surface area contributed by atoms with Gasteiger partial charge in [0.2, 0.25) is 11.8 Å². The fraction of sp³-hybridized carbons (Fsp3) is 0.786. The van der Waals surface area contributed by atoms with Crippen LogP contribution in [0.5, 0.6) is 0 Å². The number of carbonyl (C=O) groups excluding carboxylic acids is 2. The molecule has 0 aromatic heterocycles. The molecule has 21 heavy (non-hydrogen) atoms. The first kappa shape index (κ1) is 17.4. The predicted octanol–water partition coefficient (Wildman–Crippen LogP) is -0.0452. The Hall–Kier alpha value is -1.63. The molecule has 0 aromatic rings. The van der Waals surface area contributed by atoms with E-state index in [1.807, 2.05) is 20.8 Å². The van der Waals surface area contributed by atoms with E-state index in [1.54, 1.807) is 11.8 Å². The smallest absolute Gasteiger partial charge is 0.305 e. The molecule has 1 heterocycles. The van der Waals surface area contributed by atoms with Gasteiger partial charge in [-0.2, -0.15) is 0 Å². The number of carbonyl (C=O) groups is 3. The molecule has 1 aliphatic rings. The second kappa shape index (κ2) is 6.89. The molecule has 0 aromatic carbocycles. The van der Waals surface area contributed by atoms with Crippen LogP contribution < -0.4 is 10.6 Å². The second-order valence-electron chi connectivity index (χ2n) is 6.05. The van der Waals surface area contributed by atoms with E-state index in [9.17, 15) is 14.4 Å². The average Bonchev–Trinajstić information content (AvgIpc) is 2.39. The first-order valence-electron chi connectivity index (χ1n) is 7.25. The van der Waals surface area contributed by atoms with Crippen molar-refractivity contribution < 1.29 is 19.5 Å². The number of nitrogens with one attached hydrogen (secondary N) is 2. The van der Waals surface area contributed by atoms with Gasteiger partial charge in [-0.1, -0.05) is 6.92 Å². The Morgan fingerprint density at radius 2 is 2.14 bits per heavy atom. The highest BCUT2D eigenvalue weighted by molar-refractivity contribution is 5.88. The third-order valence-corrected chi connectivity index (χ3v) is 3.96. The zero-order chi connectivity index (χ0) is 16.2. The van der Waals surface area contributed by atoms with Crippen molar-refractivity contribution in [2.75, 3.05) is 13.1 Å².